The van der Waals surface area contributed by atoms with Gasteiger partial charge in [-0.05, 0) is 24.3 Å². The average molecular weight is 218 g/mol. The summed E-state index contributed by atoms with van der Waals surface area (Å²) in [6, 6.07) is 9.33. The van der Waals surface area contributed by atoms with Crippen molar-refractivity contribution in [3.8, 4) is 11.4 Å². The quantitative estimate of drug-likeness (QED) is 0.819. The molecule has 1 heterocycles. The van der Waals surface area contributed by atoms with Crippen LogP contribution in [-0.2, 0) is 0 Å². The van der Waals surface area contributed by atoms with Gasteiger partial charge < -0.3 is 15.8 Å². The molecule has 0 saturated heterocycles. The van der Waals surface area contributed by atoms with E-state index in [1.54, 1.807) is 24.9 Å². The highest BCUT2D eigenvalue weighted by molar-refractivity contribution is 5.51. The molecule has 0 atom stereocenters. The largest absolute Gasteiger partial charge is 0.497 e. The molecule has 84 valence electrons. The number of nitrogens with one attached hydrogen (secondary N) is 1. The van der Waals surface area contributed by atoms with E-state index in [9.17, 15) is 0 Å². The minimum absolute atomic E-state index is 0.592. The molecule has 0 bridgehead atoms. The van der Waals surface area contributed by atoms with Gasteiger partial charge in [0.2, 0.25) is 0 Å². The van der Waals surface area contributed by atoms with Gasteiger partial charge in [-0.1, -0.05) is 0 Å². The summed E-state index contributed by atoms with van der Waals surface area (Å²) in [5.74, 6) is 2.14. The van der Waals surface area contributed by atoms with Gasteiger partial charge in [0.1, 0.15) is 17.4 Å². The van der Waals surface area contributed by atoms with Gasteiger partial charge in [-0.3, -0.25) is 0 Å². The lowest BCUT2D eigenvalue weighted by Gasteiger charge is -2.04. The van der Waals surface area contributed by atoms with E-state index in [0.29, 0.717) is 5.82 Å². The van der Waals surface area contributed by atoms with Crippen LogP contribution in [0.5, 0.6) is 5.75 Å². The van der Waals surface area contributed by atoms with Crippen LogP contribution in [0.15, 0.2) is 30.3 Å². The Bertz CT molecular complexity index is 475. The second-order valence-corrected chi connectivity index (χ2v) is 3.31. The van der Waals surface area contributed by atoms with E-state index in [-0.39, 0.29) is 0 Å². The van der Waals surface area contributed by atoms with Gasteiger partial charge in [0.05, 0.1) is 12.8 Å². The summed E-state index contributed by atoms with van der Waals surface area (Å²) in [6.45, 7) is 0. The second-order valence-electron chi connectivity index (χ2n) is 3.31. The van der Waals surface area contributed by atoms with Crippen LogP contribution in [0.1, 0.15) is 0 Å². The normalized spacial score (nSPS) is 10.1. The predicted octanol–water partition coefficient (Wildman–Crippen LogP) is 1.50. The molecule has 0 aliphatic heterocycles. The predicted molar refractivity (Wildman–Crippen MR) is 64.1 cm³/mol. The Morgan fingerprint density at radius 2 is 2.00 bits per heavy atom. The molecule has 0 spiro atoms. The molecular weight excluding hydrogens is 204 g/mol. The number of nitrogens with zero attached hydrogens (tertiary/aromatic N) is 2. The van der Waals surface area contributed by atoms with Crippen LogP contribution < -0.4 is 15.8 Å². The van der Waals surface area contributed by atoms with E-state index >= 15 is 0 Å². The number of ether oxygens (including phenoxy) is 1. The Kier molecular flexibility index (Phi) is 2.68. The zero-order valence-electron chi connectivity index (χ0n) is 9.27. The molecular formula is C11H14N4O. The summed E-state index contributed by atoms with van der Waals surface area (Å²) in [7, 11) is 3.44. The summed E-state index contributed by atoms with van der Waals surface area (Å²) < 4.78 is 6.76. The highest BCUT2D eigenvalue weighted by atomic mass is 16.5. The number of aromatic nitrogens is 2. The standard InChI is InChI=1S/C11H14N4O/c1-13-11-7-10(12)15(14-11)8-3-5-9(16-2)6-4-8/h3-7H,12H2,1-2H3,(H,13,14). The highest BCUT2D eigenvalue weighted by Gasteiger charge is 2.05. The fraction of sp³-hybridized carbons (Fsp3) is 0.182. The third-order valence-electron chi connectivity index (χ3n) is 2.31. The van der Waals surface area contributed by atoms with Crippen molar-refractivity contribution in [3.05, 3.63) is 30.3 Å². The van der Waals surface area contributed by atoms with Gasteiger partial charge >= 0.3 is 0 Å². The molecule has 0 saturated carbocycles. The number of nitrogen functional groups attached to an aromatic ring is 1. The number of methoxy groups -OCH3 is 1. The summed E-state index contributed by atoms with van der Waals surface area (Å²) in [5.41, 5.74) is 6.75. The lowest BCUT2D eigenvalue weighted by molar-refractivity contribution is 0.414. The van der Waals surface area contributed by atoms with Crippen LogP contribution in [0.2, 0.25) is 0 Å². The minimum Gasteiger partial charge on any atom is -0.497 e. The SMILES string of the molecule is CNc1cc(N)n(-c2ccc(OC)cc2)n1. The van der Waals surface area contributed by atoms with Crippen LogP contribution in [0.4, 0.5) is 11.6 Å². The van der Waals surface area contributed by atoms with Gasteiger partial charge in [0.25, 0.3) is 0 Å². The Balaban J connectivity index is 2.38. The van der Waals surface area contributed by atoms with Gasteiger partial charge in [0.15, 0.2) is 0 Å². The van der Waals surface area contributed by atoms with Gasteiger partial charge in [0, 0.05) is 13.1 Å². The molecule has 2 rings (SSSR count). The molecule has 0 fully saturated rings. The fourth-order valence-electron chi connectivity index (χ4n) is 1.45. The third-order valence-corrected chi connectivity index (χ3v) is 2.31. The van der Waals surface area contributed by atoms with E-state index in [2.05, 4.69) is 10.4 Å². The first-order valence-corrected chi connectivity index (χ1v) is 4.92. The highest BCUT2D eigenvalue weighted by Crippen LogP contribution is 2.19. The number of hydrogen-bond acceptors (Lipinski definition) is 4. The summed E-state index contributed by atoms with van der Waals surface area (Å²) in [5, 5.41) is 7.24. The van der Waals surface area contributed by atoms with Crippen LogP contribution in [0.25, 0.3) is 5.69 Å². The van der Waals surface area contributed by atoms with Gasteiger partial charge in [-0.15, -0.1) is 5.10 Å². The number of hydrogen-bond donors (Lipinski definition) is 2. The topological polar surface area (TPSA) is 65.1 Å². The van der Waals surface area contributed by atoms with Crippen molar-refractivity contribution >= 4 is 11.6 Å². The smallest absolute Gasteiger partial charge is 0.150 e. The Labute approximate surface area is 93.8 Å². The fourth-order valence-corrected chi connectivity index (χ4v) is 1.45. The van der Waals surface area contributed by atoms with Crippen molar-refractivity contribution in [1.82, 2.24) is 9.78 Å². The molecule has 0 radical (unpaired) electrons. The van der Waals surface area contributed by atoms with Crippen LogP contribution >= 0.6 is 0 Å². The first-order valence-electron chi connectivity index (χ1n) is 4.92. The van der Waals surface area contributed by atoms with Crippen LogP contribution in [0.3, 0.4) is 0 Å². The summed E-state index contributed by atoms with van der Waals surface area (Å²) >= 11 is 0. The van der Waals surface area contributed by atoms with Crippen molar-refractivity contribution in [2.24, 2.45) is 0 Å². The number of anilines is 2. The van der Waals surface area contributed by atoms with Crippen molar-refractivity contribution < 1.29 is 4.74 Å². The lowest BCUT2D eigenvalue weighted by Crippen LogP contribution is -2.01. The molecule has 5 heteroatoms. The minimum atomic E-state index is 0.592. The summed E-state index contributed by atoms with van der Waals surface area (Å²) in [4.78, 5) is 0. The molecule has 5 nitrogen and oxygen atoms in total. The maximum atomic E-state index is 5.85. The van der Waals surface area contributed by atoms with Crippen molar-refractivity contribution in [2.45, 2.75) is 0 Å². The van der Waals surface area contributed by atoms with E-state index in [4.69, 9.17) is 10.5 Å². The summed E-state index contributed by atoms with van der Waals surface area (Å²) in [6.07, 6.45) is 0. The zero-order chi connectivity index (χ0) is 11.5. The second kappa shape index (κ2) is 4.14. The molecule has 3 N–H and O–H groups in total. The molecule has 16 heavy (non-hydrogen) atoms. The molecule has 1 aromatic carbocycles. The molecule has 0 amide bonds. The monoisotopic (exact) mass is 218 g/mol. The average Bonchev–Trinajstić information content (AvgIpc) is 2.71. The molecule has 0 aliphatic carbocycles. The Morgan fingerprint density at radius 3 is 2.50 bits per heavy atom. The van der Waals surface area contributed by atoms with Crippen LogP contribution in [0, 0.1) is 0 Å². The molecule has 0 aliphatic rings. The molecule has 1 aromatic heterocycles. The number of nitrogens with two attached hydrogens (primary N) is 1. The molecule has 0 unspecified atom stereocenters. The number of rotatable bonds is 3. The van der Waals surface area contributed by atoms with E-state index in [1.165, 1.54) is 0 Å². The first-order chi connectivity index (χ1) is 7.74. The third kappa shape index (κ3) is 1.79. The lowest BCUT2D eigenvalue weighted by atomic mass is 10.3. The van der Waals surface area contributed by atoms with Crippen molar-refractivity contribution in [3.63, 3.8) is 0 Å². The van der Waals surface area contributed by atoms with Crippen molar-refractivity contribution in [2.75, 3.05) is 25.2 Å². The van der Waals surface area contributed by atoms with E-state index in [0.717, 1.165) is 17.3 Å². The van der Waals surface area contributed by atoms with Gasteiger partial charge in [-0.25, -0.2) is 4.68 Å². The number of benzene rings is 1. The van der Waals surface area contributed by atoms with Crippen molar-refractivity contribution in [1.29, 1.82) is 0 Å². The van der Waals surface area contributed by atoms with E-state index < -0.39 is 0 Å². The first kappa shape index (κ1) is 10.4. The zero-order valence-corrected chi connectivity index (χ0v) is 9.27. The Hall–Kier alpha value is -2.17. The van der Waals surface area contributed by atoms with Crippen LogP contribution in [-0.4, -0.2) is 23.9 Å². The maximum Gasteiger partial charge on any atom is 0.150 e. The Morgan fingerprint density at radius 1 is 1.31 bits per heavy atom. The van der Waals surface area contributed by atoms with Gasteiger partial charge in [-0.2, -0.15) is 0 Å². The maximum absolute atomic E-state index is 5.85. The van der Waals surface area contributed by atoms with E-state index in [1.807, 2.05) is 24.3 Å². The molecule has 2 aromatic rings.